The number of amides is 2. The molecule has 26 heavy (non-hydrogen) atoms. The topological polar surface area (TPSA) is 62.3 Å². The van der Waals surface area contributed by atoms with Crippen molar-refractivity contribution in [3.05, 3.63) is 23.2 Å². The number of carbonyl (C=O) groups excluding carboxylic acids is 2. The first-order valence-corrected chi connectivity index (χ1v) is 10.3. The summed E-state index contributed by atoms with van der Waals surface area (Å²) in [5.74, 6) is 0.242. The first-order chi connectivity index (χ1) is 12.5. The van der Waals surface area contributed by atoms with Crippen LogP contribution in [-0.4, -0.2) is 34.3 Å². The van der Waals surface area contributed by atoms with E-state index in [9.17, 15) is 9.59 Å². The van der Waals surface area contributed by atoms with E-state index in [-0.39, 0.29) is 17.7 Å². The monoisotopic (exact) mass is 371 g/mol. The van der Waals surface area contributed by atoms with Crippen LogP contribution in [0, 0.1) is 5.92 Å². The van der Waals surface area contributed by atoms with Gasteiger partial charge in [-0.1, -0.05) is 26.7 Å². The van der Waals surface area contributed by atoms with E-state index in [1.807, 2.05) is 23.1 Å². The molecule has 0 spiro atoms. The number of rotatable bonds is 4. The van der Waals surface area contributed by atoms with Crippen molar-refractivity contribution >= 4 is 39.1 Å². The van der Waals surface area contributed by atoms with E-state index in [1.165, 1.54) is 12.8 Å². The summed E-state index contributed by atoms with van der Waals surface area (Å²) >= 11 is 1.67. The van der Waals surface area contributed by atoms with Gasteiger partial charge in [0.15, 0.2) is 0 Å². The van der Waals surface area contributed by atoms with Crippen LogP contribution in [0.25, 0.3) is 10.2 Å². The first-order valence-electron chi connectivity index (χ1n) is 9.52. The lowest BCUT2D eigenvalue weighted by atomic mass is 10.1. The van der Waals surface area contributed by atoms with Gasteiger partial charge in [0, 0.05) is 30.6 Å². The molecule has 6 heteroatoms. The summed E-state index contributed by atoms with van der Waals surface area (Å²) < 4.78 is 1.08. The number of aromatic nitrogens is 1. The van der Waals surface area contributed by atoms with Gasteiger partial charge < -0.3 is 10.2 Å². The summed E-state index contributed by atoms with van der Waals surface area (Å²) in [6.07, 6.45) is 4.89. The molecule has 2 aliphatic rings. The van der Waals surface area contributed by atoms with Gasteiger partial charge in [-0.25, -0.2) is 4.98 Å². The molecule has 2 aromatic rings. The van der Waals surface area contributed by atoms with Gasteiger partial charge in [-0.2, -0.15) is 0 Å². The number of nitrogens with one attached hydrogen (secondary N) is 1. The molecule has 0 bridgehead atoms. The predicted molar refractivity (Wildman–Crippen MR) is 104 cm³/mol. The predicted octanol–water partition coefficient (Wildman–Crippen LogP) is 4.15. The molecular formula is C20H25N3O2S. The molecule has 1 saturated heterocycles. The quantitative estimate of drug-likeness (QED) is 0.878. The van der Waals surface area contributed by atoms with Crippen LogP contribution in [0.15, 0.2) is 18.2 Å². The minimum absolute atomic E-state index is 0.0493. The van der Waals surface area contributed by atoms with Gasteiger partial charge in [-0.15, -0.1) is 11.3 Å². The van der Waals surface area contributed by atoms with E-state index >= 15 is 0 Å². The highest BCUT2D eigenvalue weighted by molar-refractivity contribution is 7.18. The Morgan fingerprint density at radius 3 is 2.81 bits per heavy atom. The number of thiazole rings is 1. The second-order valence-electron chi connectivity index (χ2n) is 7.76. The average Bonchev–Trinajstić information content (AvgIpc) is 3.32. The number of carbonyl (C=O) groups is 2. The highest BCUT2D eigenvalue weighted by Crippen LogP contribution is 2.31. The summed E-state index contributed by atoms with van der Waals surface area (Å²) in [6.45, 7) is 4.83. The lowest BCUT2D eigenvalue weighted by Gasteiger charge is -2.23. The van der Waals surface area contributed by atoms with Gasteiger partial charge >= 0.3 is 0 Å². The summed E-state index contributed by atoms with van der Waals surface area (Å²) in [7, 11) is 0. The van der Waals surface area contributed by atoms with Gasteiger partial charge in [0.1, 0.15) is 0 Å². The van der Waals surface area contributed by atoms with Crippen LogP contribution in [-0.2, 0) is 9.59 Å². The van der Waals surface area contributed by atoms with Crippen LogP contribution in [0.2, 0.25) is 0 Å². The van der Waals surface area contributed by atoms with Crippen molar-refractivity contribution in [2.45, 2.75) is 57.9 Å². The fraction of sp³-hybridized carbons (Fsp3) is 0.550. The smallest absolute Gasteiger partial charge is 0.229 e. The molecule has 2 amide bonds. The van der Waals surface area contributed by atoms with E-state index in [2.05, 4.69) is 24.1 Å². The van der Waals surface area contributed by atoms with E-state index in [1.54, 1.807) is 11.3 Å². The Bertz CT molecular complexity index is 839. The van der Waals surface area contributed by atoms with Crippen molar-refractivity contribution in [2.75, 3.05) is 11.9 Å². The molecule has 138 valence electrons. The van der Waals surface area contributed by atoms with Crippen molar-refractivity contribution in [3.63, 3.8) is 0 Å². The maximum absolute atomic E-state index is 12.7. The Kier molecular flexibility index (Phi) is 4.69. The average molecular weight is 372 g/mol. The molecule has 1 N–H and O–H groups in total. The summed E-state index contributed by atoms with van der Waals surface area (Å²) in [6, 6.07) is 6.19. The molecule has 4 rings (SSSR count). The zero-order valence-electron chi connectivity index (χ0n) is 15.3. The normalized spacial score (nSPS) is 21.3. The zero-order valence-corrected chi connectivity index (χ0v) is 16.1. The maximum atomic E-state index is 12.7. The third-order valence-electron chi connectivity index (χ3n) is 5.46. The summed E-state index contributed by atoms with van der Waals surface area (Å²) in [4.78, 5) is 31.5. The van der Waals surface area contributed by atoms with E-state index in [0.717, 1.165) is 33.8 Å². The molecular weight excluding hydrogens is 346 g/mol. The summed E-state index contributed by atoms with van der Waals surface area (Å²) in [5.41, 5.74) is 1.76. The molecule has 2 fully saturated rings. The Hall–Kier alpha value is -1.95. The van der Waals surface area contributed by atoms with Gasteiger partial charge in [-0.3, -0.25) is 9.59 Å². The molecule has 1 aromatic heterocycles. The zero-order chi connectivity index (χ0) is 18.3. The van der Waals surface area contributed by atoms with E-state index < -0.39 is 0 Å². The molecule has 0 radical (unpaired) electrons. The highest BCUT2D eigenvalue weighted by Gasteiger charge is 2.38. The van der Waals surface area contributed by atoms with Crippen LogP contribution >= 0.6 is 11.3 Å². The number of likely N-dealkylation sites (tertiary alicyclic amines) is 1. The van der Waals surface area contributed by atoms with Crippen molar-refractivity contribution in [2.24, 2.45) is 5.92 Å². The van der Waals surface area contributed by atoms with Crippen molar-refractivity contribution in [1.29, 1.82) is 0 Å². The maximum Gasteiger partial charge on any atom is 0.229 e. The molecule has 1 saturated carbocycles. The Balaban J connectivity index is 1.44. The molecule has 0 unspecified atom stereocenters. The number of nitrogens with zero attached hydrogens (tertiary/aromatic N) is 2. The Morgan fingerprint density at radius 1 is 1.31 bits per heavy atom. The standard InChI is InChI=1S/C20H25N3O2S/c1-12(2)20-22-16-8-7-14(10-17(16)26-20)21-19(25)13-9-18(24)23(11-13)15-5-3-4-6-15/h7-8,10,12-13,15H,3-6,9,11H2,1-2H3,(H,21,25)/t13-/m1/s1. The minimum atomic E-state index is -0.244. The first kappa shape index (κ1) is 17.5. The number of benzene rings is 1. The van der Waals surface area contributed by atoms with Crippen LogP contribution in [0.4, 0.5) is 5.69 Å². The molecule has 1 aliphatic carbocycles. The van der Waals surface area contributed by atoms with E-state index in [0.29, 0.717) is 24.9 Å². The lowest BCUT2D eigenvalue weighted by molar-refractivity contribution is -0.129. The number of fused-ring (bicyclic) bond motifs is 1. The Labute approximate surface area is 157 Å². The minimum Gasteiger partial charge on any atom is -0.339 e. The largest absolute Gasteiger partial charge is 0.339 e. The van der Waals surface area contributed by atoms with Gasteiger partial charge in [0.05, 0.1) is 21.1 Å². The van der Waals surface area contributed by atoms with Crippen LogP contribution in [0.1, 0.15) is 56.9 Å². The van der Waals surface area contributed by atoms with Gasteiger partial charge in [-0.05, 0) is 31.0 Å². The van der Waals surface area contributed by atoms with Gasteiger partial charge in [0.2, 0.25) is 11.8 Å². The van der Waals surface area contributed by atoms with Gasteiger partial charge in [0.25, 0.3) is 0 Å². The fourth-order valence-corrected chi connectivity index (χ4v) is 5.00. The number of hydrogen-bond acceptors (Lipinski definition) is 4. The SMILES string of the molecule is CC(C)c1nc2ccc(NC(=O)[C@@H]3CC(=O)N(C4CCCC4)C3)cc2s1. The van der Waals surface area contributed by atoms with Crippen molar-refractivity contribution in [1.82, 2.24) is 9.88 Å². The highest BCUT2D eigenvalue weighted by atomic mass is 32.1. The molecule has 1 aromatic carbocycles. The van der Waals surface area contributed by atoms with Crippen LogP contribution in [0.3, 0.4) is 0 Å². The molecule has 2 heterocycles. The molecule has 1 aliphatic heterocycles. The van der Waals surface area contributed by atoms with Crippen molar-refractivity contribution < 1.29 is 9.59 Å². The summed E-state index contributed by atoms with van der Waals surface area (Å²) in [5, 5.41) is 4.12. The molecule has 1 atom stereocenters. The van der Waals surface area contributed by atoms with Crippen LogP contribution in [0.5, 0.6) is 0 Å². The molecule has 5 nitrogen and oxygen atoms in total. The third-order valence-corrected chi connectivity index (χ3v) is 6.78. The van der Waals surface area contributed by atoms with Crippen LogP contribution < -0.4 is 5.32 Å². The lowest BCUT2D eigenvalue weighted by Crippen LogP contribution is -2.35. The Morgan fingerprint density at radius 2 is 2.08 bits per heavy atom. The number of hydrogen-bond donors (Lipinski definition) is 1. The second kappa shape index (κ2) is 6.99. The second-order valence-corrected chi connectivity index (χ2v) is 8.83. The van der Waals surface area contributed by atoms with E-state index in [4.69, 9.17) is 0 Å². The van der Waals surface area contributed by atoms with Crippen molar-refractivity contribution in [3.8, 4) is 0 Å². The number of anilines is 1. The fourth-order valence-electron chi connectivity index (χ4n) is 3.99. The third kappa shape index (κ3) is 3.34.